The van der Waals surface area contributed by atoms with E-state index in [-0.39, 0.29) is 0 Å². The predicted molar refractivity (Wildman–Crippen MR) is 55.6 cm³/mol. The molecule has 0 fully saturated rings. The molecule has 0 spiro atoms. The van der Waals surface area contributed by atoms with Crippen molar-refractivity contribution in [2.24, 2.45) is 5.73 Å². The number of primary amides is 1. The van der Waals surface area contributed by atoms with E-state index in [1.165, 1.54) is 26.4 Å². The molecule has 0 bridgehead atoms. The largest absolute Gasteiger partial charge is 0.481 e. The van der Waals surface area contributed by atoms with Gasteiger partial charge in [-0.2, -0.15) is 4.98 Å². The number of ether oxygens (including phenoxy) is 2. The molecule has 1 amide bonds. The zero-order chi connectivity index (χ0) is 11.3. The van der Waals surface area contributed by atoms with Gasteiger partial charge in [-0.05, 0) is 12.1 Å². The average molecular weight is 208 g/mol. The summed E-state index contributed by atoms with van der Waals surface area (Å²) in [5, 5.41) is 0. The molecule has 0 saturated carbocycles. The Kier molecular flexibility index (Phi) is 3.68. The second kappa shape index (κ2) is 4.99. The van der Waals surface area contributed by atoms with Gasteiger partial charge in [0, 0.05) is 17.7 Å². The molecule has 1 aromatic heterocycles. The van der Waals surface area contributed by atoms with Gasteiger partial charge in [0.1, 0.15) is 0 Å². The number of nitrogens with zero attached hydrogens (tertiary/aromatic N) is 1. The fourth-order valence-corrected chi connectivity index (χ4v) is 1.01. The molecule has 1 rings (SSSR count). The summed E-state index contributed by atoms with van der Waals surface area (Å²) in [4.78, 5) is 14.6. The minimum Gasteiger partial charge on any atom is -0.481 e. The van der Waals surface area contributed by atoms with Crippen LogP contribution in [-0.2, 0) is 4.79 Å². The van der Waals surface area contributed by atoms with Gasteiger partial charge in [-0.1, -0.05) is 0 Å². The van der Waals surface area contributed by atoms with Crippen molar-refractivity contribution in [1.29, 1.82) is 0 Å². The van der Waals surface area contributed by atoms with Crippen LogP contribution in [0.1, 0.15) is 5.56 Å². The van der Waals surface area contributed by atoms with Crippen LogP contribution in [0.25, 0.3) is 6.08 Å². The maximum atomic E-state index is 10.5. The van der Waals surface area contributed by atoms with Gasteiger partial charge in [-0.25, -0.2) is 0 Å². The summed E-state index contributed by atoms with van der Waals surface area (Å²) in [5.74, 6) is 0.308. The number of carbonyl (C=O) groups is 1. The van der Waals surface area contributed by atoms with Crippen molar-refractivity contribution in [3.05, 3.63) is 23.8 Å². The zero-order valence-electron chi connectivity index (χ0n) is 8.56. The molecule has 80 valence electrons. The highest BCUT2D eigenvalue weighted by Gasteiger charge is 2.03. The standard InChI is InChI=1S/C10H12N2O3/c1-14-9-6-4-7(3-5-8(11)13)10(12-9)15-2/h3-6H,1-2H3,(H2,11,13). The van der Waals surface area contributed by atoms with E-state index >= 15 is 0 Å². The van der Waals surface area contributed by atoms with Gasteiger partial charge in [0.25, 0.3) is 0 Å². The molecule has 0 saturated heterocycles. The van der Waals surface area contributed by atoms with Crippen LogP contribution in [0.5, 0.6) is 11.8 Å². The Morgan fingerprint density at radius 1 is 1.40 bits per heavy atom. The van der Waals surface area contributed by atoms with Crippen LogP contribution in [0.15, 0.2) is 18.2 Å². The number of nitrogens with two attached hydrogens (primary N) is 1. The molecule has 1 heterocycles. The first-order valence-corrected chi connectivity index (χ1v) is 4.24. The molecule has 0 aliphatic carbocycles. The van der Waals surface area contributed by atoms with E-state index in [1.54, 1.807) is 12.1 Å². The Hall–Kier alpha value is -2.04. The van der Waals surface area contributed by atoms with Crippen LogP contribution in [0.3, 0.4) is 0 Å². The summed E-state index contributed by atoms with van der Waals surface area (Å²) in [6.07, 6.45) is 2.78. The van der Waals surface area contributed by atoms with Crippen LogP contribution in [0.4, 0.5) is 0 Å². The van der Waals surface area contributed by atoms with E-state index in [1.807, 2.05) is 0 Å². The number of hydrogen-bond acceptors (Lipinski definition) is 4. The third kappa shape index (κ3) is 2.98. The molecule has 2 N–H and O–H groups in total. The van der Waals surface area contributed by atoms with Crippen LogP contribution < -0.4 is 15.2 Å². The Bertz CT molecular complexity index is 388. The number of methoxy groups -OCH3 is 2. The third-order valence-electron chi connectivity index (χ3n) is 1.69. The predicted octanol–water partition coefficient (Wildman–Crippen LogP) is 0.597. The van der Waals surface area contributed by atoms with E-state index in [9.17, 15) is 4.79 Å². The molecule has 0 atom stereocenters. The van der Waals surface area contributed by atoms with Crippen LogP contribution in [-0.4, -0.2) is 25.1 Å². The minimum absolute atomic E-state index is 0.381. The first kappa shape index (κ1) is 11.0. The van der Waals surface area contributed by atoms with Crippen molar-refractivity contribution < 1.29 is 14.3 Å². The van der Waals surface area contributed by atoms with E-state index in [2.05, 4.69) is 4.98 Å². The van der Waals surface area contributed by atoms with Crippen molar-refractivity contribution in [1.82, 2.24) is 4.98 Å². The van der Waals surface area contributed by atoms with Crippen molar-refractivity contribution in [3.8, 4) is 11.8 Å². The van der Waals surface area contributed by atoms with Crippen LogP contribution >= 0.6 is 0 Å². The van der Waals surface area contributed by atoms with Gasteiger partial charge in [0.15, 0.2) is 0 Å². The normalized spacial score (nSPS) is 10.3. The number of aromatic nitrogens is 1. The van der Waals surface area contributed by atoms with Crippen molar-refractivity contribution >= 4 is 12.0 Å². The topological polar surface area (TPSA) is 74.4 Å². The van der Waals surface area contributed by atoms with Gasteiger partial charge in [0.05, 0.1) is 14.2 Å². The van der Waals surface area contributed by atoms with Crippen molar-refractivity contribution in [3.63, 3.8) is 0 Å². The molecular formula is C10H12N2O3. The first-order valence-electron chi connectivity index (χ1n) is 4.24. The summed E-state index contributed by atoms with van der Waals surface area (Å²) < 4.78 is 9.96. The van der Waals surface area contributed by atoms with E-state index in [0.29, 0.717) is 17.3 Å². The molecular weight excluding hydrogens is 196 g/mol. The highest BCUT2D eigenvalue weighted by atomic mass is 16.5. The number of hydrogen-bond donors (Lipinski definition) is 1. The number of amides is 1. The summed E-state index contributed by atoms with van der Waals surface area (Å²) in [6.45, 7) is 0. The van der Waals surface area contributed by atoms with Gasteiger partial charge < -0.3 is 15.2 Å². The number of rotatable bonds is 4. The monoisotopic (exact) mass is 208 g/mol. The Labute approximate surface area is 87.5 Å². The fourth-order valence-electron chi connectivity index (χ4n) is 1.01. The number of pyridine rings is 1. The lowest BCUT2D eigenvalue weighted by molar-refractivity contribution is -0.113. The summed E-state index contributed by atoms with van der Waals surface area (Å²) in [5.41, 5.74) is 5.64. The Morgan fingerprint density at radius 3 is 2.67 bits per heavy atom. The van der Waals surface area contributed by atoms with Crippen molar-refractivity contribution in [2.45, 2.75) is 0 Å². The smallest absolute Gasteiger partial charge is 0.241 e. The Balaban J connectivity index is 3.02. The highest BCUT2D eigenvalue weighted by Crippen LogP contribution is 2.20. The summed E-state index contributed by atoms with van der Waals surface area (Å²) in [7, 11) is 3.00. The van der Waals surface area contributed by atoms with Gasteiger partial charge in [-0.3, -0.25) is 4.79 Å². The third-order valence-corrected chi connectivity index (χ3v) is 1.69. The highest BCUT2D eigenvalue weighted by molar-refractivity contribution is 5.90. The average Bonchev–Trinajstić information content (AvgIpc) is 2.25. The van der Waals surface area contributed by atoms with E-state index < -0.39 is 5.91 Å². The first-order chi connectivity index (χ1) is 7.17. The minimum atomic E-state index is -0.520. The SMILES string of the molecule is COc1ccc(C=CC(N)=O)c(OC)n1. The number of carbonyl (C=O) groups excluding carboxylic acids is 1. The lowest BCUT2D eigenvalue weighted by Gasteiger charge is -2.05. The van der Waals surface area contributed by atoms with Gasteiger partial charge in [0.2, 0.25) is 17.7 Å². The molecule has 15 heavy (non-hydrogen) atoms. The second-order valence-corrected chi connectivity index (χ2v) is 2.69. The van der Waals surface area contributed by atoms with Crippen LogP contribution in [0, 0.1) is 0 Å². The summed E-state index contributed by atoms with van der Waals surface area (Å²) in [6, 6.07) is 3.40. The van der Waals surface area contributed by atoms with Gasteiger partial charge in [-0.15, -0.1) is 0 Å². The van der Waals surface area contributed by atoms with E-state index in [4.69, 9.17) is 15.2 Å². The van der Waals surface area contributed by atoms with E-state index in [0.717, 1.165) is 0 Å². The Morgan fingerprint density at radius 2 is 2.13 bits per heavy atom. The molecule has 0 radical (unpaired) electrons. The molecule has 0 aliphatic heterocycles. The lowest BCUT2D eigenvalue weighted by Crippen LogP contribution is -2.05. The molecule has 5 nitrogen and oxygen atoms in total. The quantitative estimate of drug-likeness (QED) is 0.735. The molecule has 1 aromatic rings. The maximum Gasteiger partial charge on any atom is 0.241 e. The van der Waals surface area contributed by atoms with Gasteiger partial charge >= 0.3 is 0 Å². The molecule has 0 aliphatic rings. The molecule has 5 heteroatoms. The summed E-state index contributed by atoms with van der Waals surface area (Å²) >= 11 is 0. The lowest BCUT2D eigenvalue weighted by atomic mass is 10.2. The molecule has 0 aromatic carbocycles. The zero-order valence-corrected chi connectivity index (χ0v) is 8.56. The second-order valence-electron chi connectivity index (χ2n) is 2.69. The fraction of sp³-hybridized carbons (Fsp3) is 0.200. The maximum absolute atomic E-state index is 10.5. The molecule has 0 unspecified atom stereocenters. The van der Waals surface area contributed by atoms with Crippen molar-refractivity contribution in [2.75, 3.05) is 14.2 Å². The van der Waals surface area contributed by atoms with Crippen LogP contribution in [0.2, 0.25) is 0 Å².